The van der Waals surface area contributed by atoms with Gasteiger partial charge >= 0.3 is 0 Å². The Morgan fingerprint density at radius 3 is 2.68 bits per heavy atom. The van der Waals surface area contributed by atoms with E-state index >= 15 is 0 Å². The number of nitrogens with zero attached hydrogens (tertiary/aromatic N) is 3. The number of rotatable bonds is 3. The largest absolute Gasteiger partial charge is 0.337 e. The number of aromatic nitrogens is 3. The number of imidazole rings is 1. The van der Waals surface area contributed by atoms with Crippen molar-refractivity contribution >= 4 is 28.8 Å². The molecular weight excluding hydrogens is 341 g/mol. The van der Waals surface area contributed by atoms with Gasteiger partial charge in [0.15, 0.2) is 11.5 Å². The Kier molecular flexibility index (Phi) is 3.64. The van der Waals surface area contributed by atoms with Crippen LogP contribution >= 0.6 is 11.6 Å². The van der Waals surface area contributed by atoms with Crippen LogP contribution in [0.4, 0.5) is 15.9 Å². The molecule has 5 nitrogen and oxygen atoms in total. The molecule has 4 rings (SSSR count). The molecule has 2 aromatic carbocycles. The topological polar surface area (TPSA) is 68.9 Å². The van der Waals surface area contributed by atoms with Crippen molar-refractivity contribution in [2.45, 2.75) is 0 Å². The van der Waals surface area contributed by atoms with Gasteiger partial charge in [-0.1, -0.05) is 35.9 Å². The molecule has 25 heavy (non-hydrogen) atoms. The molecule has 0 saturated carbocycles. The van der Waals surface area contributed by atoms with Gasteiger partial charge in [-0.2, -0.15) is 5.26 Å². The second-order valence-electron chi connectivity index (χ2n) is 5.35. The molecule has 0 fully saturated rings. The van der Waals surface area contributed by atoms with Gasteiger partial charge in [0.25, 0.3) is 0 Å². The average Bonchev–Trinajstić information content (AvgIpc) is 3.17. The molecule has 0 aliphatic heterocycles. The smallest absolute Gasteiger partial charge is 0.173 e. The van der Waals surface area contributed by atoms with Crippen molar-refractivity contribution in [3.05, 3.63) is 71.1 Å². The van der Waals surface area contributed by atoms with E-state index in [0.29, 0.717) is 39.0 Å². The van der Waals surface area contributed by atoms with Crippen molar-refractivity contribution in [1.29, 1.82) is 5.26 Å². The van der Waals surface area contributed by atoms with E-state index in [4.69, 9.17) is 11.6 Å². The fourth-order valence-electron chi connectivity index (χ4n) is 2.65. The summed E-state index contributed by atoms with van der Waals surface area (Å²) in [5, 5.41) is 15.9. The first kappa shape index (κ1) is 15.2. The second-order valence-corrected chi connectivity index (χ2v) is 5.76. The summed E-state index contributed by atoms with van der Waals surface area (Å²) in [4.78, 5) is 4.46. The van der Waals surface area contributed by atoms with Crippen molar-refractivity contribution in [2.75, 3.05) is 5.32 Å². The third kappa shape index (κ3) is 2.51. The van der Waals surface area contributed by atoms with Gasteiger partial charge in [-0.25, -0.2) is 13.9 Å². The van der Waals surface area contributed by atoms with Crippen molar-refractivity contribution in [1.82, 2.24) is 14.6 Å². The first-order chi connectivity index (χ1) is 12.2. The molecule has 2 heterocycles. The minimum atomic E-state index is -0.399. The van der Waals surface area contributed by atoms with Gasteiger partial charge in [-0.05, 0) is 24.3 Å². The highest BCUT2D eigenvalue weighted by Gasteiger charge is 2.20. The standard InChI is InChI=1S/C18H11ClFN5/c19-13-6-2-4-8-15(13)23-18-16(12-5-1-3-7-14(12)20)24-17-11(9-21)10-22-25(17)18/h1-8,10,22-23H. The number of hydrogen-bond donors (Lipinski definition) is 2. The van der Waals surface area contributed by atoms with Crippen LogP contribution in [0.15, 0.2) is 54.7 Å². The van der Waals surface area contributed by atoms with Crippen LogP contribution in [0.3, 0.4) is 0 Å². The Hall–Kier alpha value is -3.30. The summed E-state index contributed by atoms with van der Waals surface area (Å²) in [5.74, 6) is 0.0960. The highest BCUT2D eigenvalue weighted by Crippen LogP contribution is 2.34. The average molecular weight is 352 g/mol. The van der Waals surface area contributed by atoms with E-state index in [0.717, 1.165) is 0 Å². The van der Waals surface area contributed by atoms with E-state index in [1.807, 2.05) is 12.1 Å². The van der Waals surface area contributed by atoms with Gasteiger partial charge in [-0.15, -0.1) is 0 Å². The number of para-hydroxylation sites is 1. The summed E-state index contributed by atoms with van der Waals surface area (Å²) in [5.41, 5.74) is 2.15. The van der Waals surface area contributed by atoms with Gasteiger partial charge in [0.1, 0.15) is 23.1 Å². The molecule has 0 radical (unpaired) electrons. The van der Waals surface area contributed by atoms with E-state index in [1.165, 1.54) is 6.07 Å². The lowest BCUT2D eigenvalue weighted by Gasteiger charge is -2.10. The summed E-state index contributed by atoms with van der Waals surface area (Å²) < 4.78 is 15.9. The predicted molar refractivity (Wildman–Crippen MR) is 94.4 cm³/mol. The molecule has 0 saturated heterocycles. The zero-order valence-electron chi connectivity index (χ0n) is 12.8. The number of benzene rings is 2. The van der Waals surface area contributed by atoms with Gasteiger partial charge in [0.2, 0.25) is 0 Å². The first-order valence-corrected chi connectivity index (χ1v) is 7.83. The Morgan fingerprint density at radius 1 is 1.16 bits per heavy atom. The minimum Gasteiger partial charge on any atom is -0.337 e. The maximum Gasteiger partial charge on any atom is 0.173 e. The van der Waals surface area contributed by atoms with Crippen LogP contribution in [0, 0.1) is 17.1 Å². The maximum absolute atomic E-state index is 14.3. The third-order valence-corrected chi connectivity index (χ3v) is 4.16. The van der Waals surface area contributed by atoms with E-state index in [1.54, 1.807) is 41.0 Å². The molecule has 0 amide bonds. The molecule has 2 N–H and O–H groups in total. The lowest BCUT2D eigenvalue weighted by Crippen LogP contribution is -1.98. The zero-order chi connectivity index (χ0) is 17.4. The SMILES string of the molecule is N#Cc1c[nH]n2c(Nc3ccccc3Cl)c(-c3ccccc3F)nc12. The number of aromatic amines is 1. The van der Waals surface area contributed by atoms with Gasteiger partial charge in [-0.3, -0.25) is 5.10 Å². The van der Waals surface area contributed by atoms with Gasteiger partial charge in [0.05, 0.1) is 10.7 Å². The summed E-state index contributed by atoms with van der Waals surface area (Å²) in [6.45, 7) is 0. The fraction of sp³-hybridized carbons (Fsp3) is 0. The molecule has 0 spiro atoms. The number of fused-ring (bicyclic) bond motifs is 1. The molecule has 122 valence electrons. The van der Waals surface area contributed by atoms with Crippen LogP contribution in [0.1, 0.15) is 5.56 Å². The minimum absolute atomic E-state index is 0.332. The molecule has 7 heteroatoms. The molecule has 0 bridgehead atoms. The number of nitriles is 1. The second kappa shape index (κ2) is 5.96. The number of H-pyrrole nitrogens is 1. The van der Waals surface area contributed by atoms with E-state index in [9.17, 15) is 9.65 Å². The van der Waals surface area contributed by atoms with Crippen molar-refractivity contribution in [3.63, 3.8) is 0 Å². The zero-order valence-corrected chi connectivity index (χ0v) is 13.5. The summed E-state index contributed by atoms with van der Waals surface area (Å²) in [6, 6.07) is 15.6. The Balaban J connectivity index is 1.96. The van der Waals surface area contributed by atoms with E-state index in [2.05, 4.69) is 21.5 Å². The number of halogens is 2. The fourth-order valence-corrected chi connectivity index (χ4v) is 2.83. The lowest BCUT2D eigenvalue weighted by atomic mass is 10.1. The van der Waals surface area contributed by atoms with Crippen molar-refractivity contribution in [3.8, 4) is 17.3 Å². The molecule has 4 aromatic rings. The lowest BCUT2D eigenvalue weighted by molar-refractivity contribution is 0.631. The van der Waals surface area contributed by atoms with Crippen LogP contribution in [0.25, 0.3) is 16.9 Å². The molecular formula is C18H11ClFN5. The Morgan fingerprint density at radius 2 is 1.92 bits per heavy atom. The molecule has 0 aliphatic rings. The summed E-state index contributed by atoms with van der Waals surface area (Å²) in [7, 11) is 0. The first-order valence-electron chi connectivity index (χ1n) is 7.45. The number of anilines is 2. The van der Waals surface area contributed by atoms with Crippen LogP contribution in [0.5, 0.6) is 0 Å². The van der Waals surface area contributed by atoms with Crippen LogP contribution in [-0.4, -0.2) is 14.6 Å². The molecule has 0 unspecified atom stereocenters. The highest BCUT2D eigenvalue weighted by molar-refractivity contribution is 6.33. The molecule has 0 aliphatic carbocycles. The van der Waals surface area contributed by atoms with Crippen molar-refractivity contribution < 1.29 is 4.39 Å². The number of hydrogen-bond acceptors (Lipinski definition) is 3. The van der Waals surface area contributed by atoms with Gasteiger partial charge < -0.3 is 5.32 Å². The summed E-state index contributed by atoms with van der Waals surface area (Å²) >= 11 is 6.23. The van der Waals surface area contributed by atoms with Crippen LogP contribution < -0.4 is 5.32 Å². The number of nitrogens with one attached hydrogen (secondary N) is 2. The predicted octanol–water partition coefficient (Wildman–Crippen LogP) is 4.74. The third-order valence-electron chi connectivity index (χ3n) is 3.83. The molecule has 0 atom stereocenters. The van der Waals surface area contributed by atoms with E-state index in [-0.39, 0.29) is 0 Å². The summed E-state index contributed by atoms with van der Waals surface area (Å²) in [6.07, 6.45) is 1.55. The normalized spacial score (nSPS) is 10.8. The quantitative estimate of drug-likeness (QED) is 0.560. The Bertz CT molecular complexity index is 1120. The Labute approximate surface area is 147 Å². The van der Waals surface area contributed by atoms with Crippen LogP contribution in [0.2, 0.25) is 5.02 Å². The van der Waals surface area contributed by atoms with Crippen LogP contribution in [-0.2, 0) is 0 Å². The van der Waals surface area contributed by atoms with Crippen molar-refractivity contribution in [2.24, 2.45) is 0 Å². The van der Waals surface area contributed by atoms with Gasteiger partial charge in [0, 0.05) is 11.8 Å². The van der Waals surface area contributed by atoms with E-state index < -0.39 is 5.82 Å². The highest BCUT2D eigenvalue weighted by atomic mass is 35.5. The maximum atomic E-state index is 14.3. The molecule has 2 aromatic heterocycles. The monoisotopic (exact) mass is 351 g/mol.